The molecule has 0 unspecified atom stereocenters. The molecular weight excluding hydrogens is 284 g/mol. The average Bonchev–Trinajstić information content (AvgIpc) is 2.86. The number of carbonyl (C=O) groups is 1. The molecule has 5 nitrogen and oxygen atoms in total. The summed E-state index contributed by atoms with van der Waals surface area (Å²) in [5.74, 6) is -0.0221. The summed E-state index contributed by atoms with van der Waals surface area (Å²) in [6.07, 6.45) is 0.906. The van der Waals surface area contributed by atoms with Crippen LogP contribution in [0.3, 0.4) is 0 Å². The second kappa shape index (κ2) is 6.67. The van der Waals surface area contributed by atoms with Crippen LogP contribution in [0.1, 0.15) is 34.1 Å². The molecule has 0 radical (unpaired) electrons. The van der Waals surface area contributed by atoms with Gasteiger partial charge in [0, 0.05) is 17.3 Å². The van der Waals surface area contributed by atoms with Gasteiger partial charge in [-0.1, -0.05) is 32.1 Å². The Labute approximate surface area is 128 Å². The second-order valence-electron chi connectivity index (χ2n) is 5.16. The van der Waals surface area contributed by atoms with Gasteiger partial charge in [-0.05, 0) is 31.5 Å². The number of nitrogens with one attached hydrogen (secondary N) is 2. The van der Waals surface area contributed by atoms with Gasteiger partial charge in [0.15, 0.2) is 0 Å². The maximum Gasteiger partial charge on any atom is 0.226 e. The minimum absolute atomic E-state index is 0.0142. The minimum Gasteiger partial charge on any atom is -0.326 e. The molecule has 2 aromatic rings. The summed E-state index contributed by atoms with van der Waals surface area (Å²) in [6.45, 7) is 7.77. The fourth-order valence-electron chi connectivity index (χ4n) is 1.56. The summed E-state index contributed by atoms with van der Waals surface area (Å²) < 4.78 is 1.02. The van der Waals surface area contributed by atoms with Crippen molar-refractivity contribution in [2.75, 3.05) is 10.7 Å². The first-order valence-corrected chi connectivity index (χ1v) is 7.82. The number of anilines is 2. The lowest BCUT2D eigenvalue weighted by molar-refractivity contribution is -0.118. The number of carbonyl (C=O) groups excluding carboxylic acids is 1. The lowest BCUT2D eigenvalue weighted by atomic mass is 10.2. The van der Waals surface area contributed by atoms with Crippen LogP contribution in [0.25, 0.3) is 10.2 Å². The Morgan fingerprint density at radius 2 is 2.19 bits per heavy atom. The van der Waals surface area contributed by atoms with Crippen molar-refractivity contribution in [2.45, 2.75) is 34.1 Å². The summed E-state index contributed by atoms with van der Waals surface area (Å²) >= 11 is 1.52. The second-order valence-corrected chi connectivity index (χ2v) is 6.19. The van der Waals surface area contributed by atoms with Crippen LogP contribution in [0.2, 0.25) is 0 Å². The molecule has 1 aromatic carbocycles. The number of aromatic nitrogens is 1. The van der Waals surface area contributed by atoms with Crippen molar-refractivity contribution in [3.8, 4) is 0 Å². The van der Waals surface area contributed by atoms with Crippen molar-refractivity contribution < 1.29 is 4.79 Å². The Kier molecular flexibility index (Phi) is 4.90. The zero-order valence-corrected chi connectivity index (χ0v) is 13.5. The highest BCUT2D eigenvalue weighted by Gasteiger charge is 2.09. The Bertz CT molecular complexity index is 675. The van der Waals surface area contributed by atoms with Crippen LogP contribution in [0.15, 0.2) is 23.3 Å². The number of thiazole rings is 1. The van der Waals surface area contributed by atoms with Crippen LogP contribution in [-0.2, 0) is 4.79 Å². The number of hydrazone groups is 1. The molecule has 0 bridgehead atoms. The van der Waals surface area contributed by atoms with Gasteiger partial charge >= 0.3 is 0 Å². The maximum absolute atomic E-state index is 11.7. The third-order valence-electron chi connectivity index (χ3n) is 3.03. The van der Waals surface area contributed by atoms with Gasteiger partial charge in [-0.15, -0.1) is 0 Å². The molecule has 0 spiro atoms. The summed E-state index contributed by atoms with van der Waals surface area (Å²) in [7, 11) is 0. The van der Waals surface area contributed by atoms with Crippen LogP contribution in [0.5, 0.6) is 0 Å². The third kappa shape index (κ3) is 4.01. The van der Waals surface area contributed by atoms with Gasteiger partial charge in [0.25, 0.3) is 0 Å². The molecule has 1 amide bonds. The van der Waals surface area contributed by atoms with E-state index < -0.39 is 0 Å². The van der Waals surface area contributed by atoms with E-state index in [0.29, 0.717) is 0 Å². The van der Waals surface area contributed by atoms with Crippen LogP contribution >= 0.6 is 11.3 Å². The predicted molar refractivity (Wildman–Crippen MR) is 90.1 cm³/mol. The number of rotatable bonds is 5. The van der Waals surface area contributed by atoms with Gasteiger partial charge in [0.2, 0.25) is 11.0 Å². The molecule has 112 valence electrons. The highest BCUT2D eigenvalue weighted by atomic mass is 32.1. The molecule has 0 aliphatic heterocycles. The van der Waals surface area contributed by atoms with E-state index in [2.05, 4.69) is 27.8 Å². The summed E-state index contributed by atoms with van der Waals surface area (Å²) in [4.78, 5) is 16.2. The Hall–Kier alpha value is -1.95. The van der Waals surface area contributed by atoms with E-state index in [9.17, 15) is 4.79 Å². The van der Waals surface area contributed by atoms with E-state index in [0.717, 1.165) is 33.2 Å². The Morgan fingerprint density at radius 3 is 2.86 bits per heavy atom. The molecule has 0 saturated heterocycles. The Balaban J connectivity index is 2.18. The molecule has 0 saturated carbocycles. The first-order valence-electron chi connectivity index (χ1n) is 7.00. The molecule has 1 heterocycles. The quantitative estimate of drug-likeness (QED) is 0.646. The molecule has 2 N–H and O–H groups in total. The zero-order chi connectivity index (χ0) is 15.4. The summed E-state index contributed by atoms with van der Waals surface area (Å²) in [5, 5.41) is 7.90. The zero-order valence-electron chi connectivity index (χ0n) is 12.7. The number of fused-ring (bicyclic) bond motifs is 1. The number of hydrogen-bond acceptors (Lipinski definition) is 5. The van der Waals surface area contributed by atoms with E-state index in [1.54, 1.807) is 0 Å². The molecule has 2 rings (SSSR count). The first-order chi connectivity index (χ1) is 9.99. The van der Waals surface area contributed by atoms with E-state index in [-0.39, 0.29) is 11.8 Å². The lowest BCUT2D eigenvalue weighted by Gasteiger charge is -2.06. The molecule has 1 aromatic heterocycles. The normalized spacial score (nSPS) is 12.0. The van der Waals surface area contributed by atoms with Gasteiger partial charge in [0.1, 0.15) is 0 Å². The largest absolute Gasteiger partial charge is 0.326 e. The van der Waals surface area contributed by atoms with Gasteiger partial charge in [-0.25, -0.2) is 4.98 Å². The topological polar surface area (TPSA) is 66.4 Å². The van der Waals surface area contributed by atoms with Crippen LogP contribution in [0, 0.1) is 5.92 Å². The summed E-state index contributed by atoms with van der Waals surface area (Å²) in [5.41, 5.74) is 5.69. The minimum atomic E-state index is -0.0364. The van der Waals surface area contributed by atoms with Crippen molar-refractivity contribution in [3.63, 3.8) is 0 Å². The molecule has 0 atom stereocenters. The first kappa shape index (κ1) is 15.4. The number of benzene rings is 1. The van der Waals surface area contributed by atoms with Gasteiger partial charge < -0.3 is 5.32 Å². The van der Waals surface area contributed by atoms with Crippen LogP contribution < -0.4 is 10.7 Å². The summed E-state index contributed by atoms with van der Waals surface area (Å²) in [6, 6.07) is 5.71. The van der Waals surface area contributed by atoms with E-state index >= 15 is 0 Å². The average molecular weight is 304 g/mol. The standard InChI is InChI=1S/C15H20N4OS/c1-5-10(4)18-19-15-17-12-7-6-11(8-13(12)21-15)16-14(20)9(2)3/h6-9H,5H2,1-4H3,(H,16,20)(H,17,19)/b18-10+. The van der Waals surface area contributed by atoms with Crippen LogP contribution in [-0.4, -0.2) is 16.6 Å². The molecule has 0 fully saturated rings. The molecular formula is C15H20N4OS. The Morgan fingerprint density at radius 1 is 1.43 bits per heavy atom. The fraction of sp³-hybridized carbons (Fsp3) is 0.400. The third-order valence-corrected chi connectivity index (χ3v) is 3.96. The molecule has 6 heteroatoms. The number of nitrogens with zero attached hydrogens (tertiary/aromatic N) is 2. The fourth-order valence-corrected chi connectivity index (χ4v) is 2.41. The van der Waals surface area contributed by atoms with Crippen LogP contribution in [0.4, 0.5) is 10.8 Å². The maximum atomic E-state index is 11.7. The van der Waals surface area contributed by atoms with E-state index in [4.69, 9.17) is 0 Å². The number of hydrogen-bond donors (Lipinski definition) is 2. The monoisotopic (exact) mass is 304 g/mol. The van der Waals surface area contributed by atoms with E-state index in [1.807, 2.05) is 39.0 Å². The predicted octanol–water partition coefficient (Wildman–Crippen LogP) is 4.09. The van der Waals surface area contributed by atoms with Gasteiger partial charge in [-0.2, -0.15) is 5.10 Å². The smallest absolute Gasteiger partial charge is 0.226 e. The molecule has 21 heavy (non-hydrogen) atoms. The number of amides is 1. The van der Waals surface area contributed by atoms with Crippen molar-refractivity contribution in [3.05, 3.63) is 18.2 Å². The van der Waals surface area contributed by atoms with Crippen molar-refractivity contribution in [2.24, 2.45) is 11.0 Å². The molecule has 0 aliphatic carbocycles. The highest BCUT2D eigenvalue weighted by Crippen LogP contribution is 2.28. The van der Waals surface area contributed by atoms with Crippen molar-refractivity contribution in [1.29, 1.82) is 0 Å². The SMILES string of the molecule is CC/C(C)=N/Nc1nc2ccc(NC(=O)C(C)C)cc2s1. The highest BCUT2D eigenvalue weighted by molar-refractivity contribution is 7.22. The molecule has 0 aliphatic rings. The van der Waals surface area contributed by atoms with Crippen molar-refractivity contribution in [1.82, 2.24) is 4.98 Å². The van der Waals surface area contributed by atoms with Gasteiger partial charge in [-0.3, -0.25) is 10.2 Å². The van der Waals surface area contributed by atoms with E-state index in [1.165, 1.54) is 11.3 Å². The van der Waals surface area contributed by atoms with Gasteiger partial charge in [0.05, 0.1) is 10.2 Å². The lowest BCUT2D eigenvalue weighted by Crippen LogP contribution is -2.17. The van der Waals surface area contributed by atoms with Crippen molar-refractivity contribution >= 4 is 44.0 Å².